The molecule has 0 aliphatic heterocycles. The van der Waals surface area contributed by atoms with E-state index in [-0.39, 0.29) is 17.3 Å². The van der Waals surface area contributed by atoms with Gasteiger partial charge in [-0.2, -0.15) is 4.31 Å². The first-order chi connectivity index (χ1) is 9.54. The lowest BCUT2D eigenvalue weighted by Gasteiger charge is -2.20. The highest BCUT2D eigenvalue weighted by Crippen LogP contribution is 2.18. The van der Waals surface area contributed by atoms with Crippen molar-refractivity contribution in [1.82, 2.24) is 14.3 Å². The molecule has 2 aromatic heterocycles. The third kappa shape index (κ3) is 3.12. The van der Waals surface area contributed by atoms with Gasteiger partial charge in [-0.15, -0.1) is 0 Å². The van der Waals surface area contributed by atoms with Crippen LogP contribution in [0.25, 0.3) is 0 Å². The topological polar surface area (TPSA) is 89.2 Å². The molecule has 0 saturated heterocycles. The number of nitrogen functional groups attached to an aromatic ring is 1. The molecule has 0 unspecified atom stereocenters. The van der Waals surface area contributed by atoms with Crippen molar-refractivity contribution in [3.8, 4) is 0 Å². The van der Waals surface area contributed by atoms with E-state index in [0.717, 1.165) is 0 Å². The van der Waals surface area contributed by atoms with Crippen molar-refractivity contribution in [3.05, 3.63) is 48.4 Å². The van der Waals surface area contributed by atoms with E-state index in [9.17, 15) is 8.42 Å². The van der Waals surface area contributed by atoms with E-state index in [0.29, 0.717) is 12.2 Å². The molecule has 0 aliphatic carbocycles. The molecule has 0 aromatic carbocycles. The molecule has 0 spiro atoms. The van der Waals surface area contributed by atoms with Crippen molar-refractivity contribution in [2.75, 3.05) is 12.3 Å². The number of nitrogens with zero attached hydrogens (tertiary/aromatic N) is 3. The Morgan fingerprint density at radius 3 is 2.60 bits per heavy atom. The van der Waals surface area contributed by atoms with Crippen LogP contribution in [-0.2, 0) is 16.6 Å². The Morgan fingerprint density at radius 1 is 1.20 bits per heavy atom. The van der Waals surface area contributed by atoms with E-state index in [4.69, 9.17) is 5.73 Å². The minimum Gasteiger partial charge on any atom is -0.384 e. The van der Waals surface area contributed by atoms with Crippen LogP contribution in [0.15, 0.2) is 47.6 Å². The number of pyridine rings is 2. The maximum absolute atomic E-state index is 12.5. The summed E-state index contributed by atoms with van der Waals surface area (Å²) in [5.74, 6) is 0.181. The van der Waals surface area contributed by atoms with Crippen molar-refractivity contribution in [1.29, 1.82) is 0 Å². The van der Waals surface area contributed by atoms with Gasteiger partial charge in [0.1, 0.15) is 5.82 Å². The Balaban J connectivity index is 2.31. The summed E-state index contributed by atoms with van der Waals surface area (Å²) < 4.78 is 26.4. The lowest BCUT2D eigenvalue weighted by Crippen LogP contribution is -2.30. The first-order valence-electron chi connectivity index (χ1n) is 6.15. The summed E-state index contributed by atoms with van der Waals surface area (Å²) in [5.41, 5.74) is 6.24. The molecule has 106 valence electrons. The minimum absolute atomic E-state index is 0.141. The van der Waals surface area contributed by atoms with Crippen LogP contribution in [0.3, 0.4) is 0 Å². The molecule has 2 heterocycles. The van der Waals surface area contributed by atoms with E-state index < -0.39 is 10.0 Å². The number of aromatic nitrogens is 2. The lowest BCUT2D eigenvalue weighted by molar-refractivity contribution is 0.419. The fourth-order valence-corrected chi connectivity index (χ4v) is 3.22. The highest BCUT2D eigenvalue weighted by atomic mass is 32.2. The quantitative estimate of drug-likeness (QED) is 0.896. The lowest BCUT2D eigenvalue weighted by atomic mass is 10.3. The zero-order valence-corrected chi connectivity index (χ0v) is 11.9. The highest BCUT2D eigenvalue weighted by Gasteiger charge is 2.23. The maximum Gasteiger partial charge on any atom is 0.243 e. The van der Waals surface area contributed by atoms with Gasteiger partial charge in [0.05, 0.1) is 17.1 Å². The standard InChI is InChI=1S/C13H16N4O2S/c1-2-17(10-11-5-3-4-7-15-11)20(18,19)12-6-8-16-13(14)9-12/h3-9H,2,10H2,1H3,(H2,14,16). The number of hydrogen-bond donors (Lipinski definition) is 1. The highest BCUT2D eigenvalue weighted by molar-refractivity contribution is 7.89. The molecule has 7 heteroatoms. The first kappa shape index (κ1) is 14.4. The van der Waals surface area contributed by atoms with Crippen LogP contribution in [0.2, 0.25) is 0 Å². The van der Waals surface area contributed by atoms with Crippen molar-refractivity contribution in [3.63, 3.8) is 0 Å². The van der Waals surface area contributed by atoms with Gasteiger partial charge in [0.25, 0.3) is 0 Å². The van der Waals surface area contributed by atoms with E-state index in [1.807, 2.05) is 6.07 Å². The normalized spacial score (nSPS) is 11.7. The third-order valence-electron chi connectivity index (χ3n) is 2.81. The van der Waals surface area contributed by atoms with Crippen LogP contribution in [0.1, 0.15) is 12.6 Å². The van der Waals surface area contributed by atoms with Crippen LogP contribution in [-0.4, -0.2) is 29.2 Å². The van der Waals surface area contributed by atoms with Gasteiger partial charge in [0.2, 0.25) is 10.0 Å². The largest absolute Gasteiger partial charge is 0.384 e. The number of anilines is 1. The Hall–Kier alpha value is -1.99. The molecule has 6 nitrogen and oxygen atoms in total. The maximum atomic E-state index is 12.5. The first-order valence-corrected chi connectivity index (χ1v) is 7.59. The van der Waals surface area contributed by atoms with Crippen molar-refractivity contribution >= 4 is 15.8 Å². The molecule has 2 rings (SSSR count). The number of sulfonamides is 1. The molecule has 20 heavy (non-hydrogen) atoms. The average molecular weight is 292 g/mol. The Labute approximate surface area is 118 Å². The summed E-state index contributed by atoms with van der Waals surface area (Å²) in [6, 6.07) is 8.20. The summed E-state index contributed by atoms with van der Waals surface area (Å²) in [4.78, 5) is 8.09. The monoisotopic (exact) mass is 292 g/mol. The zero-order valence-electron chi connectivity index (χ0n) is 11.1. The molecule has 0 aliphatic rings. The molecular weight excluding hydrogens is 276 g/mol. The second kappa shape index (κ2) is 5.98. The minimum atomic E-state index is -3.60. The fraction of sp³-hybridized carbons (Fsp3) is 0.231. The summed E-state index contributed by atoms with van der Waals surface area (Å²) in [5, 5.41) is 0. The summed E-state index contributed by atoms with van der Waals surface area (Å²) in [6.07, 6.45) is 3.02. The molecule has 0 fully saturated rings. The van der Waals surface area contributed by atoms with E-state index >= 15 is 0 Å². The SMILES string of the molecule is CCN(Cc1ccccn1)S(=O)(=O)c1ccnc(N)c1. The van der Waals surface area contributed by atoms with Gasteiger partial charge in [-0.05, 0) is 18.2 Å². The van der Waals surface area contributed by atoms with Crippen LogP contribution in [0.4, 0.5) is 5.82 Å². The Morgan fingerprint density at radius 2 is 2.00 bits per heavy atom. The smallest absolute Gasteiger partial charge is 0.243 e. The second-order valence-electron chi connectivity index (χ2n) is 4.17. The Bertz CT molecular complexity index is 674. The zero-order chi connectivity index (χ0) is 14.6. The second-order valence-corrected chi connectivity index (χ2v) is 6.11. The molecule has 2 aromatic rings. The van der Waals surface area contributed by atoms with Gasteiger partial charge < -0.3 is 5.73 Å². The van der Waals surface area contributed by atoms with Gasteiger partial charge in [-0.25, -0.2) is 13.4 Å². The van der Waals surface area contributed by atoms with Gasteiger partial charge >= 0.3 is 0 Å². The number of hydrogen-bond acceptors (Lipinski definition) is 5. The van der Waals surface area contributed by atoms with Gasteiger partial charge in [0, 0.05) is 25.0 Å². The predicted molar refractivity (Wildman–Crippen MR) is 76.2 cm³/mol. The van der Waals surface area contributed by atoms with Gasteiger partial charge in [0.15, 0.2) is 0 Å². The molecule has 0 amide bonds. The summed E-state index contributed by atoms with van der Waals surface area (Å²) in [7, 11) is -3.60. The van der Waals surface area contributed by atoms with Crippen LogP contribution in [0.5, 0.6) is 0 Å². The molecule has 2 N–H and O–H groups in total. The predicted octanol–water partition coefficient (Wildman–Crippen LogP) is 1.27. The average Bonchev–Trinajstić information content (AvgIpc) is 2.45. The van der Waals surface area contributed by atoms with Crippen LogP contribution >= 0.6 is 0 Å². The van der Waals surface area contributed by atoms with Crippen molar-refractivity contribution in [2.45, 2.75) is 18.4 Å². The van der Waals surface area contributed by atoms with Crippen molar-refractivity contribution < 1.29 is 8.42 Å². The summed E-state index contributed by atoms with van der Waals surface area (Å²) in [6.45, 7) is 2.36. The van der Waals surface area contributed by atoms with Gasteiger partial charge in [-0.3, -0.25) is 4.98 Å². The number of rotatable bonds is 5. The van der Waals surface area contributed by atoms with E-state index in [2.05, 4.69) is 9.97 Å². The van der Waals surface area contributed by atoms with Crippen LogP contribution in [0, 0.1) is 0 Å². The molecule has 0 radical (unpaired) electrons. The Kier molecular flexibility index (Phi) is 4.31. The molecule has 0 bridgehead atoms. The third-order valence-corrected chi connectivity index (χ3v) is 4.72. The molecular formula is C13H16N4O2S. The molecule has 0 saturated carbocycles. The number of nitrogens with two attached hydrogens (primary N) is 1. The van der Waals surface area contributed by atoms with Crippen molar-refractivity contribution in [2.24, 2.45) is 0 Å². The summed E-state index contributed by atoms with van der Waals surface area (Å²) >= 11 is 0. The van der Waals surface area contributed by atoms with Gasteiger partial charge in [-0.1, -0.05) is 13.0 Å². The van der Waals surface area contributed by atoms with Crippen LogP contribution < -0.4 is 5.73 Å². The fourth-order valence-electron chi connectivity index (χ4n) is 1.78. The van der Waals surface area contributed by atoms with E-state index in [1.54, 1.807) is 25.3 Å². The van der Waals surface area contributed by atoms with E-state index in [1.165, 1.54) is 22.6 Å². The molecule has 0 atom stereocenters.